The van der Waals surface area contributed by atoms with Crippen molar-refractivity contribution >= 4 is 11.6 Å². The number of nitrogens with zero attached hydrogens (tertiary/aromatic N) is 1. The first-order valence-electron chi connectivity index (χ1n) is 7.07. The van der Waals surface area contributed by atoms with Gasteiger partial charge in [-0.3, -0.25) is 4.90 Å². The number of hydrogen-bond acceptors (Lipinski definition) is 2. The monoisotopic (exact) mass is 282 g/mol. The smallest absolute Gasteiger partial charge is 0.141 e. The summed E-state index contributed by atoms with van der Waals surface area (Å²) in [6, 6.07) is 6.01. The molecular weight excluding hydrogens is 263 g/mol. The Morgan fingerprint density at radius 1 is 1.42 bits per heavy atom. The van der Waals surface area contributed by atoms with Crippen molar-refractivity contribution in [1.82, 2.24) is 10.2 Å². The number of piperidine rings is 1. The van der Waals surface area contributed by atoms with Gasteiger partial charge in [-0.1, -0.05) is 17.7 Å². The second-order valence-electron chi connectivity index (χ2n) is 5.77. The van der Waals surface area contributed by atoms with Crippen molar-refractivity contribution in [2.75, 3.05) is 19.6 Å². The first-order valence-corrected chi connectivity index (χ1v) is 7.45. The predicted octanol–water partition coefficient (Wildman–Crippen LogP) is 3.22. The van der Waals surface area contributed by atoms with Gasteiger partial charge in [0.2, 0.25) is 0 Å². The maximum absolute atomic E-state index is 13.2. The van der Waals surface area contributed by atoms with E-state index in [2.05, 4.69) is 17.1 Å². The van der Waals surface area contributed by atoms with Crippen LogP contribution in [0.3, 0.4) is 0 Å². The van der Waals surface area contributed by atoms with Gasteiger partial charge in [0.25, 0.3) is 0 Å². The SMILES string of the molecule is CC(c1ccc(F)c(Cl)c1)N1CC2CCCNC2C1. The van der Waals surface area contributed by atoms with Gasteiger partial charge in [0.1, 0.15) is 5.82 Å². The highest BCUT2D eigenvalue weighted by atomic mass is 35.5. The average molecular weight is 283 g/mol. The van der Waals surface area contributed by atoms with Crippen molar-refractivity contribution in [1.29, 1.82) is 0 Å². The summed E-state index contributed by atoms with van der Waals surface area (Å²) in [6.07, 6.45) is 2.61. The Bertz CT molecular complexity index is 451. The van der Waals surface area contributed by atoms with Crippen LogP contribution in [0.5, 0.6) is 0 Å². The van der Waals surface area contributed by atoms with Gasteiger partial charge in [0.05, 0.1) is 5.02 Å². The molecule has 1 aromatic rings. The molecule has 2 saturated heterocycles. The predicted molar refractivity (Wildman–Crippen MR) is 75.9 cm³/mol. The summed E-state index contributed by atoms with van der Waals surface area (Å²) in [5.41, 5.74) is 1.10. The molecule has 104 valence electrons. The van der Waals surface area contributed by atoms with E-state index >= 15 is 0 Å². The first-order chi connectivity index (χ1) is 9.15. The Balaban J connectivity index is 1.73. The summed E-state index contributed by atoms with van der Waals surface area (Å²) in [5, 5.41) is 3.83. The van der Waals surface area contributed by atoms with Gasteiger partial charge in [-0.25, -0.2) is 4.39 Å². The highest BCUT2D eigenvalue weighted by Crippen LogP contribution is 2.32. The van der Waals surface area contributed by atoms with E-state index in [0.717, 1.165) is 31.1 Å². The minimum absolute atomic E-state index is 0.221. The number of rotatable bonds is 2. The average Bonchev–Trinajstić information content (AvgIpc) is 2.85. The molecule has 4 heteroatoms. The molecule has 1 aromatic carbocycles. The van der Waals surface area contributed by atoms with E-state index in [9.17, 15) is 4.39 Å². The summed E-state index contributed by atoms with van der Waals surface area (Å²) >= 11 is 5.88. The number of likely N-dealkylation sites (tertiary alicyclic amines) is 1. The third-order valence-corrected chi connectivity index (χ3v) is 4.89. The van der Waals surface area contributed by atoms with Gasteiger partial charge < -0.3 is 5.32 Å². The molecule has 0 bridgehead atoms. The second kappa shape index (κ2) is 5.39. The summed E-state index contributed by atoms with van der Waals surface area (Å²) < 4.78 is 13.2. The van der Waals surface area contributed by atoms with E-state index in [0.29, 0.717) is 12.1 Å². The van der Waals surface area contributed by atoms with Crippen LogP contribution in [0.4, 0.5) is 4.39 Å². The molecule has 2 aliphatic rings. The zero-order valence-corrected chi connectivity index (χ0v) is 12.0. The first kappa shape index (κ1) is 13.3. The molecular formula is C15H20ClFN2. The highest BCUT2D eigenvalue weighted by molar-refractivity contribution is 6.30. The quantitative estimate of drug-likeness (QED) is 0.896. The van der Waals surface area contributed by atoms with E-state index in [4.69, 9.17) is 11.6 Å². The Kier molecular flexibility index (Phi) is 3.79. The van der Waals surface area contributed by atoms with E-state index < -0.39 is 0 Å². The van der Waals surface area contributed by atoms with Crippen LogP contribution in [-0.4, -0.2) is 30.6 Å². The minimum Gasteiger partial charge on any atom is -0.312 e. The number of halogens is 2. The normalized spacial score (nSPS) is 29.2. The molecule has 0 radical (unpaired) electrons. The van der Waals surface area contributed by atoms with Crippen LogP contribution in [0.1, 0.15) is 31.4 Å². The lowest BCUT2D eigenvalue weighted by Gasteiger charge is -2.25. The zero-order chi connectivity index (χ0) is 13.4. The maximum atomic E-state index is 13.2. The molecule has 2 nitrogen and oxygen atoms in total. The van der Waals surface area contributed by atoms with Crippen molar-refractivity contribution < 1.29 is 4.39 Å². The molecule has 1 N–H and O–H groups in total. The largest absolute Gasteiger partial charge is 0.312 e. The Morgan fingerprint density at radius 3 is 3.00 bits per heavy atom. The summed E-state index contributed by atoms with van der Waals surface area (Å²) in [4.78, 5) is 2.48. The molecule has 3 atom stereocenters. The lowest BCUT2D eigenvalue weighted by molar-refractivity contribution is 0.250. The van der Waals surface area contributed by atoms with Gasteiger partial charge in [0, 0.05) is 25.2 Å². The molecule has 2 aliphatic heterocycles. The molecule has 0 spiro atoms. The third kappa shape index (κ3) is 2.64. The molecule has 0 amide bonds. The second-order valence-corrected chi connectivity index (χ2v) is 6.17. The standard InChI is InChI=1S/C15H20ClFN2/c1-10(11-4-5-14(17)13(16)7-11)19-8-12-3-2-6-18-15(12)9-19/h4-5,7,10,12,15,18H,2-3,6,8-9H2,1H3. The molecule has 0 saturated carbocycles. The van der Waals surface area contributed by atoms with Crippen LogP contribution in [-0.2, 0) is 0 Å². The van der Waals surface area contributed by atoms with Crippen molar-refractivity contribution in [3.05, 3.63) is 34.6 Å². The van der Waals surface area contributed by atoms with E-state index in [1.54, 1.807) is 6.07 Å². The number of fused-ring (bicyclic) bond motifs is 1. The number of hydrogen-bond donors (Lipinski definition) is 1. The molecule has 2 fully saturated rings. The van der Waals surface area contributed by atoms with Crippen molar-refractivity contribution in [3.8, 4) is 0 Å². The number of benzene rings is 1. The van der Waals surface area contributed by atoms with Gasteiger partial charge >= 0.3 is 0 Å². The van der Waals surface area contributed by atoms with Crippen LogP contribution >= 0.6 is 11.6 Å². The highest BCUT2D eigenvalue weighted by Gasteiger charge is 2.36. The molecule has 19 heavy (non-hydrogen) atoms. The minimum atomic E-state index is -0.339. The van der Waals surface area contributed by atoms with Gasteiger partial charge in [-0.2, -0.15) is 0 Å². The molecule has 0 aliphatic carbocycles. The Morgan fingerprint density at radius 2 is 2.26 bits per heavy atom. The zero-order valence-electron chi connectivity index (χ0n) is 11.2. The van der Waals surface area contributed by atoms with Gasteiger partial charge in [0.15, 0.2) is 0 Å². The van der Waals surface area contributed by atoms with E-state index in [1.165, 1.54) is 18.9 Å². The summed E-state index contributed by atoms with van der Waals surface area (Å²) in [7, 11) is 0. The number of nitrogens with one attached hydrogen (secondary N) is 1. The fraction of sp³-hybridized carbons (Fsp3) is 0.600. The molecule has 3 unspecified atom stereocenters. The van der Waals surface area contributed by atoms with Crippen LogP contribution < -0.4 is 5.32 Å². The van der Waals surface area contributed by atoms with Crippen molar-refractivity contribution in [2.24, 2.45) is 5.92 Å². The lowest BCUT2D eigenvalue weighted by Crippen LogP contribution is -2.40. The molecule has 0 aromatic heterocycles. The summed E-state index contributed by atoms with van der Waals surface area (Å²) in [5.74, 6) is 0.432. The third-order valence-electron chi connectivity index (χ3n) is 4.60. The van der Waals surface area contributed by atoms with Crippen LogP contribution in [0.2, 0.25) is 5.02 Å². The van der Waals surface area contributed by atoms with Crippen LogP contribution in [0, 0.1) is 11.7 Å². The van der Waals surface area contributed by atoms with Crippen molar-refractivity contribution in [2.45, 2.75) is 31.8 Å². The summed E-state index contributed by atoms with van der Waals surface area (Å²) in [6.45, 7) is 5.54. The van der Waals surface area contributed by atoms with Gasteiger partial charge in [-0.15, -0.1) is 0 Å². The van der Waals surface area contributed by atoms with Gasteiger partial charge in [-0.05, 0) is 49.9 Å². The van der Waals surface area contributed by atoms with Crippen molar-refractivity contribution in [3.63, 3.8) is 0 Å². The fourth-order valence-electron chi connectivity index (χ4n) is 3.38. The van der Waals surface area contributed by atoms with Crippen LogP contribution in [0.15, 0.2) is 18.2 Å². The fourth-order valence-corrected chi connectivity index (χ4v) is 3.57. The van der Waals surface area contributed by atoms with Crippen LogP contribution in [0.25, 0.3) is 0 Å². The van der Waals surface area contributed by atoms with E-state index in [1.807, 2.05) is 6.07 Å². The molecule has 2 heterocycles. The topological polar surface area (TPSA) is 15.3 Å². The lowest BCUT2D eigenvalue weighted by atomic mass is 9.94. The maximum Gasteiger partial charge on any atom is 0.141 e. The Labute approximate surface area is 118 Å². The Hall–Kier alpha value is -0.640. The van der Waals surface area contributed by atoms with E-state index in [-0.39, 0.29) is 10.8 Å². The molecule has 3 rings (SSSR count).